The van der Waals surface area contributed by atoms with Gasteiger partial charge in [0, 0.05) is 11.6 Å². The molecule has 15 heavy (non-hydrogen) atoms. The van der Waals surface area contributed by atoms with Crippen LogP contribution in [0, 0.1) is 0 Å². The first-order chi connectivity index (χ1) is 6.84. The monoisotopic (exact) mass is 205 g/mol. The number of hydrogen-bond acceptors (Lipinski definition) is 1. The molecule has 0 amide bonds. The lowest BCUT2D eigenvalue weighted by molar-refractivity contribution is -0.688. The van der Waals surface area contributed by atoms with Crippen LogP contribution in [0.1, 0.15) is 5.56 Å². The number of aromatic nitrogens is 1. The van der Waals surface area contributed by atoms with Gasteiger partial charge in [-0.25, -0.2) is 0 Å². The van der Waals surface area contributed by atoms with Gasteiger partial charge < -0.3 is 9.81 Å². The third kappa shape index (κ3) is 3.06. The minimum atomic E-state index is 0. The Labute approximate surface area is 87.8 Å². The number of rotatable bonds is 2. The fourth-order valence-electron chi connectivity index (χ4n) is 1.40. The van der Waals surface area contributed by atoms with Crippen molar-refractivity contribution in [1.29, 1.82) is 0 Å². The molecular formula is C12H12FNO. The summed E-state index contributed by atoms with van der Waals surface area (Å²) in [6.07, 6.45) is 3.65. The molecule has 1 aromatic heterocycles. The van der Waals surface area contributed by atoms with Gasteiger partial charge in [0.1, 0.15) is 0 Å². The van der Waals surface area contributed by atoms with Crippen molar-refractivity contribution in [2.75, 3.05) is 0 Å². The van der Waals surface area contributed by atoms with Gasteiger partial charge >= 0.3 is 0 Å². The maximum atomic E-state index is 9.27. The Morgan fingerprint density at radius 1 is 1.00 bits per heavy atom. The zero-order valence-electron chi connectivity index (χ0n) is 8.18. The normalized spacial score (nSPS) is 9.33. The van der Waals surface area contributed by atoms with E-state index in [1.807, 2.05) is 35.0 Å². The molecule has 0 saturated heterocycles. The maximum absolute atomic E-state index is 9.27. The highest BCUT2D eigenvalue weighted by Crippen LogP contribution is 2.02. The molecule has 2 nitrogen and oxygen atoms in total. The zero-order valence-corrected chi connectivity index (χ0v) is 8.18. The molecule has 2 aromatic rings. The van der Waals surface area contributed by atoms with Crippen LogP contribution in [-0.4, -0.2) is 5.11 Å². The Morgan fingerprint density at radius 3 is 2.40 bits per heavy atom. The van der Waals surface area contributed by atoms with Crippen LogP contribution in [0.5, 0.6) is 5.75 Å². The van der Waals surface area contributed by atoms with E-state index in [9.17, 15) is 5.11 Å². The summed E-state index contributed by atoms with van der Waals surface area (Å²) in [6, 6.07) is 13.7. The molecule has 1 N–H and O–H groups in total. The lowest BCUT2D eigenvalue weighted by atomic mass is 10.2. The maximum Gasteiger partial charge on any atom is 0.211 e. The first-order valence-corrected chi connectivity index (χ1v) is 4.56. The smallest absolute Gasteiger partial charge is 0.211 e. The summed E-state index contributed by atoms with van der Waals surface area (Å²) in [4.78, 5) is 0. The minimum absolute atomic E-state index is 0. The Bertz CT molecular complexity index is 417. The average molecular weight is 205 g/mol. The number of benzene rings is 1. The highest BCUT2D eigenvalue weighted by Gasteiger charge is 2.01. The molecule has 3 heteroatoms. The number of nitrogens with zero attached hydrogens (tertiary/aromatic N) is 1. The molecule has 1 heterocycles. The van der Waals surface area contributed by atoms with Gasteiger partial charge in [-0.05, 0) is 6.07 Å². The lowest BCUT2D eigenvalue weighted by Gasteiger charge is -1.97. The lowest BCUT2D eigenvalue weighted by Crippen LogP contribution is -3.00. The van der Waals surface area contributed by atoms with E-state index >= 15 is 0 Å². The van der Waals surface area contributed by atoms with Crippen LogP contribution in [0.25, 0.3) is 0 Å². The van der Waals surface area contributed by atoms with Crippen molar-refractivity contribution < 1.29 is 14.4 Å². The second-order valence-electron chi connectivity index (χ2n) is 3.22. The van der Waals surface area contributed by atoms with Crippen molar-refractivity contribution in [3.63, 3.8) is 0 Å². The summed E-state index contributed by atoms with van der Waals surface area (Å²) in [6.45, 7) is 0.787. The standard InChI is InChI=1S/C12H11NO.FH/c14-12-7-4-8-13(10-12)9-11-5-2-1-3-6-11;/h1-8,10H,9H2;1H. The van der Waals surface area contributed by atoms with Crippen molar-refractivity contribution in [3.05, 3.63) is 60.4 Å². The molecule has 0 atom stereocenters. The first kappa shape index (κ1) is 11.2. The van der Waals surface area contributed by atoms with Crippen molar-refractivity contribution in [3.8, 4) is 5.75 Å². The van der Waals surface area contributed by atoms with Crippen LogP contribution in [0.2, 0.25) is 0 Å². The van der Waals surface area contributed by atoms with Gasteiger partial charge in [0.05, 0.1) is 0 Å². The molecule has 0 aliphatic carbocycles. The van der Waals surface area contributed by atoms with E-state index in [1.165, 1.54) is 5.56 Å². The van der Waals surface area contributed by atoms with Crippen LogP contribution in [0.4, 0.5) is 0 Å². The molecule has 0 aliphatic heterocycles. The molecule has 1 aromatic carbocycles. The second kappa shape index (κ2) is 5.10. The van der Waals surface area contributed by atoms with E-state index in [4.69, 9.17) is 0 Å². The van der Waals surface area contributed by atoms with Crippen LogP contribution >= 0.6 is 0 Å². The molecule has 0 aliphatic rings. The van der Waals surface area contributed by atoms with Crippen LogP contribution in [0.15, 0.2) is 54.9 Å². The third-order valence-corrected chi connectivity index (χ3v) is 2.05. The highest BCUT2D eigenvalue weighted by atomic mass is 19.0. The van der Waals surface area contributed by atoms with E-state index in [1.54, 1.807) is 12.3 Å². The molecule has 0 spiro atoms. The van der Waals surface area contributed by atoms with Gasteiger partial charge in [0.25, 0.3) is 0 Å². The highest BCUT2D eigenvalue weighted by molar-refractivity contribution is 5.14. The van der Waals surface area contributed by atoms with E-state index in [2.05, 4.69) is 12.1 Å². The predicted molar refractivity (Wildman–Crippen MR) is 53.8 cm³/mol. The van der Waals surface area contributed by atoms with Crippen molar-refractivity contribution >= 4 is 0 Å². The first-order valence-electron chi connectivity index (χ1n) is 4.56. The quantitative estimate of drug-likeness (QED) is 0.607. The summed E-state index contributed by atoms with van der Waals surface area (Å²) in [5.74, 6) is 0.295. The summed E-state index contributed by atoms with van der Waals surface area (Å²) >= 11 is 0. The Hall–Kier alpha value is -1.90. The molecular weight excluding hydrogens is 193 g/mol. The zero-order chi connectivity index (χ0) is 9.80. The van der Waals surface area contributed by atoms with Gasteiger partial charge in [-0.3, -0.25) is 0 Å². The van der Waals surface area contributed by atoms with Crippen molar-refractivity contribution in [2.24, 2.45) is 0 Å². The molecule has 78 valence electrons. The molecule has 0 saturated carbocycles. The fraction of sp³-hybridized carbons (Fsp3) is 0.0833. The van der Waals surface area contributed by atoms with Crippen LogP contribution in [-0.2, 0) is 6.54 Å². The van der Waals surface area contributed by atoms with Gasteiger partial charge in [-0.2, -0.15) is 4.57 Å². The Kier molecular flexibility index (Phi) is 3.80. The van der Waals surface area contributed by atoms with Gasteiger partial charge in [0.2, 0.25) is 6.20 Å². The molecule has 0 fully saturated rings. The Balaban J connectivity index is 0.00000112. The molecule has 0 unspecified atom stereocenters. The molecule has 2 rings (SSSR count). The predicted octanol–water partition coefficient (Wildman–Crippen LogP) is -1.27. The fourth-order valence-corrected chi connectivity index (χ4v) is 1.40. The van der Waals surface area contributed by atoms with Gasteiger partial charge in [-0.1, -0.05) is 30.3 Å². The number of hydrogen-bond donors (Lipinski definition) is 1. The average Bonchev–Trinajstić information content (AvgIpc) is 2.19. The second-order valence-corrected chi connectivity index (χ2v) is 3.22. The van der Waals surface area contributed by atoms with Crippen molar-refractivity contribution in [2.45, 2.75) is 6.54 Å². The number of aromatic hydroxyl groups is 1. The van der Waals surface area contributed by atoms with Crippen molar-refractivity contribution in [1.82, 2.24) is 0 Å². The van der Waals surface area contributed by atoms with Crippen LogP contribution in [0.3, 0.4) is 0 Å². The summed E-state index contributed by atoms with van der Waals surface area (Å²) in [7, 11) is 0. The minimum Gasteiger partial charge on any atom is -1.00 e. The third-order valence-electron chi connectivity index (χ3n) is 2.05. The number of halogens is 1. The summed E-state index contributed by atoms with van der Waals surface area (Å²) in [5, 5.41) is 9.27. The summed E-state index contributed by atoms with van der Waals surface area (Å²) in [5.41, 5.74) is 1.23. The largest absolute Gasteiger partial charge is 1.00 e. The SMILES string of the molecule is Oc1ccc[n+](Cc2ccccc2)c1.[F-]. The van der Waals surface area contributed by atoms with E-state index in [-0.39, 0.29) is 4.70 Å². The molecule has 0 bridgehead atoms. The Morgan fingerprint density at radius 2 is 1.73 bits per heavy atom. The molecule has 0 radical (unpaired) electrons. The van der Waals surface area contributed by atoms with E-state index in [0.29, 0.717) is 5.75 Å². The number of pyridine rings is 1. The van der Waals surface area contributed by atoms with Gasteiger partial charge in [0.15, 0.2) is 18.5 Å². The van der Waals surface area contributed by atoms with E-state index < -0.39 is 0 Å². The topological polar surface area (TPSA) is 24.1 Å². The van der Waals surface area contributed by atoms with Gasteiger partial charge in [-0.15, -0.1) is 0 Å². The summed E-state index contributed by atoms with van der Waals surface area (Å²) < 4.78 is 1.95. The van der Waals surface area contributed by atoms with Crippen LogP contribution < -0.4 is 9.27 Å². The van der Waals surface area contributed by atoms with E-state index in [0.717, 1.165) is 6.54 Å².